The van der Waals surface area contributed by atoms with Gasteiger partial charge in [0.15, 0.2) is 0 Å². The van der Waals surface area contributed by atoms with Crippen molar-refractivity contribution in [2.45, 2.75) is 43.0 Å². The van der Waals surface area contributed by atoms with Crippen molar-refractivity contribution in [2.75, 3.05) is 0 Å². The molecule has 1 heteroatoms. The minimum atomic E-state index is 0.724. The van der Waals surface area contributed by atoms with Crippen molar-refractivity contribution in [1.82, 2.24) is 0 Å². The van der Waals surface area contributed by atoms with E-state index >= 15 is 0 Å². The minimum absolute atomic E-state index is 0.724. The van der Waals surface area contributed by atoms with Crippen molar-refractivity contribution in [3.63, 3.8) is 0 Å². The van der Waals surface area contributed by atoms with Crippen LogP contribution in [0.4, 0.5) is 0 Å². The van der Waals surface area contributed by atoms with Crippen molar-refractivity contribution < 1.29 is 26.1 Å². The Morgan fingerprint density at radius 3 is 2.33 bits per heavy atom. The second kappa shape index (κ2) is 2.90. The van der Waals surface area contributed by atoms with E-state index in [1.807, 2.05) is 0 Å². The van der Waals surface area contributed by atoms with Gasteiger partial charge < -0.3 is 0 Å². The Morgan fingerprint density at radius 2 is 2.00 bits per heavy atom. The Bertz CT molecular complexity index is 96.7. The molecule has 1 aliphatic rings. The Hall–Kier alpha value is 0.935. The van der Waals surface area contributed by atoms with Crippen LogP contribution in [0.3, 0.4) is 0 Å². The summed E-state index contributed by atoms with van der Waals surface area (Å²) >= 11 is 1.02. The summed E-state index contributed by atoms with van der Waals surface area (Å²) in [6, 6.07) is 0. The molecule has 0 bridgehead atoms. The van der Waals surface area contributed by atoms with Gasteiger partial charge in [-0.25, -0.2) is 0 Å². The van der Waals surface area contributed by atoms with Crippen molar-refractivity contribution in [1.29, 1.82) is 0 Å². The van der Waals surface area contributed by atoms with Gasteiger partial charge in [0.25, 0.3) is 0 Å². The fourth-order valence-electron chi connectivity index (χ4n) is 1.57. The predicted molar refractivity (Wildman–Crippen MR) is 36.0 cm³/mol. The molecule has 0 aromatic carbocycles. The van der Waals surface area contributed by atoms with Gasteiger partial charge in [-0.05, 0) is 0 Å². The average Bonchev–Trinajstić information content (AvgIpc) is 1.77. The molecule has 1 unspecified atom stereocenters. The quantitative estimate of drug-likeness (QED) is 0.604. The van der Waals surface area contributed by atoms with Crippen LogP contribution >= 0.6 is 0 Å². The average molecular weight is 312 g/mol. The normalized spacial score (nSPS) is 34.4. The van der Waals surface area contributed by atoms with Crippen molar-refractivity contribution in [3.05, 3.63) is 0 Å². The monoisotopic (exact) mass is 313 g/mol. The summed E-state index contributed by atoms with van der Waals surface area (Å²) in [4.78, 5) is 0. The van der Waals surface area contributed by atoms with Gasteiger partial charge in [0.2, 0.25) is 0 Å². The third-order valence-corrected chi connectivity index (χ3v) is 8.61. The first-order valence-corrected chi connectivity index (χ1v) is 7.13. The molecule has 0 radical (unpaired) electrons. The molecule has 0 N–H and O–H groups in total. The zero-order chi connectivity index (χ0) is 6.91. The molecule has 9 heavy (non-hydrogen) atoms. The first kappa shape index (κ1) is 8.04. The van der Waals surface area contributed by atoms with Crippen LogP contribution in [-0.2, 0) is 26.1 Å². The summed E-state index contributed by atoms with van der Waals surface area (Å²) in [5.41, 5.74) is 0.724. The fraction of sp³-hybridized carbons (Fsp3) is 1.00. The van der Waals surface area contributed by atoms with E-state index in [2.05, 4.69) is 13.8 Å². The van der Waals surface area contributed by atoms with Crippen LogP contribution in [0.1, 0.15) is 39.5 Å². The summed E-state index contributed by atoms with van der Waals surface area (Å²) in [6.45, 7) is 4.90. The third kappa shape index (κ3) is 1.93. The summed E-state index contributed by atoms with van der Waals surface area (Å²) in [7, 11) is 0. The fourth-order valence-corrected chi connectivity index (χ4v) is 3.48. The van der Waals surface area contributed by atoms with E-state index in [-0.39, 0.29) is 0 Å². The molecule has 0 amide bonds. The van der Waals surface area contributed by atoms with Gasteiger partial charge in [0, 0.05) is 0 Å². The molecule has 0 nitrogen and oxygen atoms in total. The maximum absolute atomic E-state index is 2.45. The maximum atomic E-state index is 2.45. The van der Waals surface area contributed by atoms with Crippen LogP contribution in [0.5, 0.6) is 0 Å². The standard InChI is InChI=1S/C8H15.Hg/c1-8(2)6-4-3-5-7-8;/h6H,3-5,7H2,1-2H3;. The SMILES string of the molecule is CC1(C)CCCC[CH]1[Hg]. The second-order valence-corrected chi connectivity index (χ2v) is 7.76. The number of hydrogen-bond acceptors (Lipinski definition) is 0. The van der Waals surface area contributed by atoms with Crippen LogP contribution in [-0.4, -0.2) is 0 Å². The van der Waals surface area contributed by atoms with Crippen molar-refractivity contribution in [3.8, 4) is 0 Å². The molecule has 0 aromatic heterocycles. The topological polar surface area (TPSA) is 0 Å². The van der Waals surface area contributed by atoms with Gasteiger partial charge in [-0.15, -0.1) is 0 Å². The Balaban J connectivity index is 2.49. The van der Waals surface area contributed by atoms with E-state index in [0.29, 0.717) is 0 Å². The first-order chi connectivity index (χ1) is 4.13. The zero-order valence-electron chi connectivity index (χ0n) is 6.61. The van der Waals surface area contributed by atoms with Crippen LogP contribution in [0.15, 0.2) is 0 Å². The van der Waals surface area contributed by atoms with Gasteiger partial charge >= 0.3 is 74.5 Å². The molecule has 1 atom stereocenters. The Morgan fingerprint density at radius 1 is 1.33 bits per heavy atom. The molecular weight excluding hydrogens is 297 g/mol. The van der Waals surface area contributed by atoms with Crippen molar-refractivity contribution >= 4 is 0 Å². The molecule has 1 saturated carbocycles. The molecule has 0 spiro atoms. The summed E-state index contributed by atoms with van der Waals surface area (Å²) in [5, 5.41) is 0. The number of rotatable bonds is 0. The van der Waals surface area contributed by atoms with Gasteiger partial charge in [0.05, 0.1) is 0 Å². The van der Waals surface area contributed by atoms with E-state index in [1.54, 1.807) is 0 Å². The molecule has 0 saturated heterocycles. The zero-order valence-corrected chi connectivity index (χ0v) is 12.1. The van der Waals surface area contributed by atoms with Gasteiger partial charge in [-0.3, -0.25) is 0 Å². The van der Waals surface area contributed by atoms with Crippen LogP contribution in [0.25, 0.3) is 0 Å². The summed E-state index contributed by atoms with van der Waals surface area (Å²) in [5.74, 6) is 0. The molecular formula is C8H15Hg. The van der Waals surface area contributed by atoms with Gasteiger partial charge in [-0.2, -0.15) is 0 Å². The van der Waals surface area contributed by atoms with E-state index in [9.17, 15) is 0 Å². The molecule has 1 aliphatic carbocycles. The molecule has 0 aliphatic heterocycles. The van der Waals surface area contributed by atoms with E-state index < -0.39 is 0 Å². The third-order valence-electron chi connectivity index (χ3n) is 2.73. The Labute approximate surface area is 74.4 Å². The van der Waals surface area contributed by atoms with E-state index in [1.165, 1.54) is 25.7 Å². The van der Waals surface area contributed by atoms with E-state index in [4.69, 9.17) is 0 Å². The van der Waals surface area contributed by atoms with Crippen LogP contribution in [0.2, 0.25) is 3.43 Å². The van der Waals surface area contributed by atoms with Gasteiger partial charge in [0.1, 0.15) is 0 Å². The van der Waals surface area contributed by atoms with E-state index in [0.717, 1.165) is 35.0 Å². The molecule has 1 fully saturated rings. The second-order valence-electron chi connectivity index (χ2n) is 3.93. The Kier molecular flexibility index (Phi) is 2.59. The molecule has 1 rings (SSSR count). The predicted octanol–water partition coefficient (Wildman–Crippen LogP) is 2.92. The number of hydrogen-bond donors (Lipinski definition) is 0. The summed E-state index contributed by atoms with van der Waals surface area (Å²) < 4.78 is 1.14. The van der Waals surface area contributed by atoms with Gasteiger partial charge in [-0.1, -0.05) is 0 Å². The van der Waals surface area contributed by atoms with Crippen molar-refractivity contribution in [2.24, 2.45) is 5.41 Å². The van der Waals surface area contributed by atoms with Crippen LogP contribution in [0, 0.1) is 5.41 Å². The molecule has 0 aromatic rings. The molecule has 49 valence electrons. The summed E-state index contributed by atoms with van der Waals surface area (Å²) in [6.07, 6.45) is 6.02. The molecule has 0 heterocycles. The van der Waals surface area contributed by atoms with Crippen LogP contribution < -0.4 is 0 Å². The first-order valence-electron chi connectivity index (χ1n) is 3.96.